The number of benzene rings is 1. The van der Waals surface area contributed by atoms with Gasteiger partial charge < -0.3 is 20.9 Å². The summed E-state index contributed by atoms with van der Waals surface area (Å²) >= 11 is 3.33. The van der Waals surface area contributed by atoms with Gasteiger partial charge in [-0.1, -0.05) is 15.9 Å². The second-order valence-electron chi connectivity index (χ2n) is 3.88. The molecule has 0 aliphatic rings. The monoisotopic (exact) mass is 330 g/mol. The molecule has 1 aromatic rings. The summed E-state index contributed by atoms with van der Waals surface area (Å²) in [5.74, 6) is -0.974. The third-order valence-corrected chi connectivity index (χ3v) is 2.93. The summed E-state index contributed by atoms with van der Waals surface area (Å²) in [5.41, 5.74) is 6.06. The van der Waals surface area contributed by atoms with Crippen molar-refractivity contribution >= 4 is 27.8 Å². The fourth-order valence-electron chi connectivity index (χ4n) is 1.44. The fourth-order valence-corrected chi connectivity index (χ4v) is 1.85. The van der Waals surface area contributed by atoms with E-state index < -0.39 is 17.9 Å². The van der Waals surface area contributed by atoms with Crippen LogP contribution in [0.15, 0.2) is 22.7 Å². The second-order valence-corrected chi connectivity index (χ2v) is 4.80. The van der Waals surface area contributed by atoms with Gasteiger partial charge in [0.1, 0.15) is 11.8 Å². The Hall–Kier alpha value is -1.60. The van der Waals surface area contributed by atoms with Gasteiger partial charge in [-0.2, -0.15) is 0 Å². The molecule has 7 heteroatoms. The lowest BCUT2D eigenvalue weighted by atomic mass is 10.2. The van der Waals surface area contributed by atoms with Crippen molar-refractivity contribution in [2.75, 3.05) is 7.11 Å². The second kappa shape index (κ2) is 7.10. The van der Waals surface area contributed by atoms with E-state index in [4.69, 9.17) is 15.6 Å². The van der Waals surface area contributed by atoms with Gasteiger partial charge in [-0.05, 0) is 18.2 Å². The molecule has 0 spiro atoms. The zero-order valence-electron chi connectivity index (χ0n) is 10.4. The van der Waals surface area contributed by atoms with E-state index in [9.17, 15) is 9.59 Å². The van der Waals surface area contributed by atoms with E-state index in [1.165, 1.54) is 7.11 Å². The molecule has 1 amide bonds. The molecule has 0 saturated carbocycles. The van der Waals surface area contributed by atoms with Gasteiger partial charge in [-0.3, -0.25) is 9.59 Å². The number of carboxylic acids is 1. The molecule has 0 aliphatic heterocycles. The first-order valence-corrected chi connectivity index (χ1v) is 6.31. The van der Waals surface area contributed by atoms with Crippen molar-refractivity contribution in [3.8, 4) is 5.75 Å². The molecular formula is C12H15BrN2O4. The average molecular weight is 331 g/mol. The summed E-state index contributed by atoms with van der Waals surface area (Å²) in [6.45, 7) is 0.244. The lowest BCUT2D eigenvalue weighted by molar-refractivity contribution is -0.140. The van der Waals surface area contributed by atoms with Crippen molar-refractivity contribution in [1.82, 2.24) is 5.32 Å². The Balaban J connectivity index is 2.59. The quantitative estimate of drug-likeness (QED) is 0.718. The van der Waals surface area contributed by atoms with E-state index in [2.05, 4.69) is 21.2 Å². The molecule has 0 aromatic heterocycles. The predicted octanol–water partition coefficient (Wildman–Crippen LogP) is 0.876. The zero-order valence-corrected chi connectivity index (χ0v) is 11.9. The van der Waals surface area contributed by atoms with Crippen LogP contribution in [0, 0.1) is 0 Å². The molecule has 104 valence electrons. The van der Waals surface area contributed by atoms with Crippen LogP contribution >= 0.6 is 15.9 Å². The molecular weight excluding hydrogens is 316 g/mol. The molecule has 1 rings (SSSR count). The van der Waals surface area contributed by atoms with Crippen LogP contribution in [0.5, 0.6) is 5.75 Å². The minimum Gasteiger partial charge on any atom is -0.496 e. The highest BCUT2D eigenvalue weighted by molar-refractivity contribution is 9.10. The number of hydrogen-bond donors (Lipinski definition) is 3. The van der Waals surface area contributed by atoms with Gasteiger partial charge in [0.2, 0.25) is 5.91 Å². The van der Waals surface area contributed by atoms with E-state index in [1.54, 1.807) is 6.07 Å². The largest absolute Gasteiger partial charge is 0.496 e. The normalized spacial score (nSPS) is 11.7. The maximum Gasteiger partial charge on any atom is 0.321 e. The lowest BCUT2D eigenvalue weighted by Gasteiger charge is -2.11. The zero-order chi connectivity index (χ0) is 14.4. The summed E-state index contributed by atoms with van der Waals surface area (Å²) in [5, 5.41) is 11.2. The first kappa shape index (κ1) is 15.5. The van der Waals surface area contributed by atoms with E-state index in [-0.39, 0.29) is 13.0 Å². The molecule has 6 nitrogen and oxygen atoms in total. The van der Waals surface area contributed by atoms with Crippen molar-refractivity contribution in [3.05, 3.63) is 28.2 Å². The summed E-state index contributed by atoms with van der Waals surface area (Å²) < 4.78 is 6.02. The van der Waals surface area contributed by atoms with Gasteiger partial charge in [0.15, 0.2) is 0 Å². The number of halogens is 1. The predicted molar refractivity (Wildman–Crippen MR) is 72.8 cm³/mol. The van der Waals surface area contributed by atoms with E-state index in [0.717, 1.165) is 10.0 Å². The third kappa shape index (κ3) is 4.88. The Labute approximate surface area is 119 Å². The van der Waals surface area contributed by atoms with Crippen molar-refractivity contribution in [2.24, 2.45) is 5.73 Å². The highest BCUT2D eigenvalue weighted by Gasteiger charge is 2.16. The standard InChI is InChI=1S/C12H15BrN2O4/c1-19-10-3-2-8(13)4-7(10)6-15-11(16)5-9(14)12(17)18/h2-4,9H,5-6,14H2,1H3,(H,15,16)(H,17,18). The maximum absolute atomic E-state index is 11.5. The molecule has 4 N–H and O–H groups in total. The molecule has 19 heavy (non-hydrogen) atoms. The first-order chi connectivity index (χ1) is 8.93. The van der Waals surface area contributed by atoms with Crippen LogP contribution in [0.1, 0.15) is 12.0 Å². The van der Waals surface area contributed by atoms with Crippen LogP contribution in [-0.2, 0) is 16.1 Å². The lowest BCUT2D eigenvalue weighted by Crippen LogP contribution is -2.36. The Morgan fingerprint density at radius 2 is 2.21 bits per heavy atom. The van der Waals surface area contributed by atoms with Crippen LogP contribution in [-0.4, -0.2) is 30.1 Å². The number of aliphatic carboxylic acids is 1. The van der Waals surface area contributed by atoms with Gasteiger partial charge >= 0.3 is 5.97 Å². The molecule has 0 bridgehead atoms. The van der Waals surface area contributed by atoms with Gasteiger partial charge in [-0.15, -0.1) is 0 Å². The first-order valence-electron chi connectivity index (χ1n) is 5.51. The Morgan fingerprint density at radius 1 is 1.53 bits per heavy atom. The minimum atomic E-state index is -1.20. The number of rotatable bonds is 6. The summed E-state index contributed by atoms with van der Waals surface area (Å²) in [6.07, 6.45) is -0.258. The number of amides is 1. The van der Waals surface area contributed by atoms with Crippen LogP contribution in [0.25, 0.3) is 0 Å². The van der Waals surface area contributed by atoms with Crippen molar-refractivity contribution < 1.29 is 19.4 Å². The number of carbonyl (C=O) groups excluding carboxylic acids is 1. The molecule has 0 saturated heterocycles. The van der Waals surface area contributed by atoms with E-state index >= 15 is 0 Å². The SMILES string of the molecule is COc1ccc(Br)cc1CNC(=O)CC(N)C(=O)O. The summed E-state index contributed by atoms with van der Waals surface area (Å²) in [4.78, 5) is 22.0. The van der Waals surface area contributed by atoms with E-state index in [0.29, 0.717) is 5.75 Å². The molecule has 1 aromatic carbocycles. The van der Waals surface area contributed by atoms with Gasteiger partial charge in [0, 0.05) is 16.6 Å². The minimum absolute atomic E-state index is 0.244. The number of nitrogens with two attached hydrogens (primary N) is 1. The Morgan fingerprint density at radius 3 is 2.79 bits per heavy atom. The van der Waals surface area contributed by atoms with Gasteiger partial charge in [-0.25, -0.2) is 0 Å². The topological polar surface area (TPSA) is 102 Å². The molecule has 1 atom stereocenters. The van der Waals surface area contributed by atoms with Crippen LogP contribution in [0.3, 0.4) is 0 Å². The van der Waals surface area contributed by atoms with Crippen LogP contribution < -0.4 is 15.8 Å². The molecule has 0 aliphatic carbocycles. The Kier molecular flexibility index (Phi) is 5.78. The smallest absolute Gasteiger partial charge is 0.321 e. The molecule has 1 unspecified atom stereocenters. The third-order valence-electron chi connectivity index (χ3n) is 2.44. The van der Waals surface area contributed by atoms with Crippen molar-refractivity contribution in [2.45, 2.75) is 19.0 Å². The number of methoxy groups -OCH3 is 1. The number of ether oxygens (including phenoxy) is 1. The molecule has 0 heterocycles. The number of carbonyl (C=O) groups is 2. The number of hydrogen-bond acceptors (Lipinski definition) is 4. The maximum atomic E-state index is 11.5. The Bertz CT molecular complexity index is 479. The van der Waals surface area contributed by atoms with Crippen LogP contribution in [0.2, 0.25) is 0 Å². The van der Waals surface area contributed by atoms with Crippen molar-refractivity contribution in [1.29, 1.82) is 0 Å². The average Bonchev–Trinajstić information content (AvgIpc) is 2.36. The summed E-state index contributed by atoms with van der Waals surface area (Å²) in [7, 11) is 1.54. The van der Waals surface area contributed by atoms with Crippen molar-refractivity contribution in [3.63, 3.8) is 0 Å². The van der Waals surface area contributed by atoms with Gasteiger partial charge in [0.05, 0.1) is 13.5 Å². The van der Waals surface area contributed by atoms with Gasteiger partial charge in [0.25, 0.3) is 0 Å². The van der Waals surface area contributed by atoms with Crippen LogP contribution in [0.4, 0.5) is 0 Å². The highest BCUT2D eigenvalue weighted by atomic mass is 79.9. The summed E-state index contributed by atoms with van der Waals surface area (Å²) in [6, 6.07) is 4.22. The molecule has 0 fully saturated rings. The fraction of sp³-hybridized carbons (Fsp3) is 0.333. The van der Waals surface area contributed by atoms with E-state index in [1.807, 2.05) is 12.1 Å². The molecule has 0 radical (unpaired) electrons. The highest BCUT2D eigenvalue weighted by Crippen LogP contribution is 2.22. The number of carboxylic acid groups (broad SMARTS) is 1. The number of nitrogens with one attached hydrogen (secondary N) is 1.